The number of carbonyl (C=O) groups is 2. The lowest BCUT2D eigenvalue weighted by atomic mass is 10.1. The zero-order valence-electron chi connectivity index (χ0n) is 21.4. The van der Waals surface area contributed by atoms with E-state index in [4.69, 9.17) is 18.9 Å². The van der Waals surface area contributed by atoms with E-state index in [2.05, 4.69) is 17.2 Å². The number of nitrogens with zero attached hydrogens (tertiary/aromatic N) is 1. The lowest BCUT2D eigenvalue weighted by molar-refractivity contribution is -0.142. The van der Waals surface area contributed by atoms with Gasteiger partial charge in [-0.2, -0.15) is 0 Å². The third kappa shape index (κ3) is 14.7. The lowest BCUT2D eigenvalue weighted by Gasteiger charge is -2.11. The van der Waals surface area contributed by atoms with Crippen LogP contribution < -0.4 is 14.8 Å². The Morgan fingerprint density at radius 1 is 0.882 bits per heavy atom. The van der Waals surface area contributed by atoms with Crippen LogP contribution in [0.5, 0.6) is 11.6 Å². The first-order valence-corrected chi connectivity index (χ1v) is 12.8. The number of amides is 1. The largest absolute Gasteiger partial charge is 0.491 e. The standard InChI is InChI=1S/C26H44N2O6/c1-4-6-8-9-10-11-12-13-14-15-16-32-21-22-18-23(31-3)25(27-19-22)34-26(30)28-20-24(29)33-17-7-5-2/h18-19H,4-17,20-21H2,1-3H3,(H,28,30). The van der Waals surface area contributed by atoms with Gasteiger partial charge in [-0.15, -0.1) is 0 Å². The van der Waals surface area contributed by atoms with E-state index in [1.807, 2.05) is 6.92 Å². The summed E-state index contributed by atoms with van der Waals surface area (Å²) in [7, 11) is 1.47. The van der Waals surface area contributed by atoms with Gasteiger partial charge in [-0.3, -0.25) is 4.79 Å². The van der Waals surface area contributed by atoms with E-state index < -0.39 is 12.1 Å². The van der Waals surface area contributed by atoms with Crippen molar-refractivity contribution in [1.82, 2.24) is 10.3 Å². The minimum absolute atomic E-state index is 0.0257. The van der Waals surface area contributed by atoms with Crippen LogP contribution in [0.2, 0.25) is 0 Å². The minimum Gasteiger partial charge on any atom is -0.491 e. The highest BCUT2D eigenvalue weighted by Gasteiger charge is 2.14. The Labute approximate surface area is 205 Å². The van der Waals surface area contributed by atoms with E-state index in [0.29, 0.717) is 25.6 Å². The maximum Gasteiger partial charge on any atom is 0.414 e. The van der Waals surface area contributed by atoms with Crippen LogP contribution in [0.3, 0.4) is 0 Å². The number of methoxy groups -OCH3 is 1. The summed E-state index contributed by atoms with van der Waals surface area (Å²) in [4.78, 5) is 27.6. The molecule has 0 radical (unpaired) electrons. The van der Waals surface area contributed by atoms with E-state index in [-0.39, 0.29) is 12.4 Å². The second-order valence-corrected chi connectivity index (χ2v) is 8.40. The van der Waals surface area contributed by atoms with Crippen molar-refractivity contribution in [3.63, 3.8) is 0 Å². The predicted molar refractivity (Wildman–Crippen MR) is 132 cm³/mol. The number of hydrogen-bond acceptors (Lipinski definition) is 7. The van der Waals surface area contributed by atoms with Gasteiger partial charge in [-0.05, 0) is 24.5 Å². The molecule has 8 nitrogen and oxygen atoms in total. The van der Waals surface area contributed by atoms with Crippen molar-refractivity contribution in [2.24, 2.45) is 0 Å². The van der Waals surface area contributed by atoms with Crippen LogP contribution in [0.4, 0.5) is 4.79 Å². The molecule has 0 aliphatic carbocycles. The Hall–Kier alpha value is -2.35. The highest BCUT2D eigenvalue weighted by Crippen LogP contribution is 2.25. The maximum absolute atomic E-state index is 11.9. The van der Waals surface area contributed by atoms with E-state index in [9.17, 15) is 9.59 Å². The molecule has 194 valence electrons. The van der Waals surface area contributed by atoms with Crippen molar-refractivity contribution in [2.45, 2.75) is 97.5 Å². The van der Waals surface area contributed by atoms with Crippen molar-refractivity contribution in [3.8, 4) is 11.6 Å². The van der Waals surface area contributed by atoms with Crippen molar-refractivity contribution >= 4 is 12.1 Å². The third-order valence-corrected chi connectivity index (χ3v) is 5.33. The SMILES string of the molecule is CCCCCCCCCCCCOCc1cnc(OC(=O)NCC(=O)OCCCC)c(OC)c1. The summed E-state index contributed by atoms with van der Waals surface area (Å²) in [6, 6.07) is 1.73. The Morgan fingerprint density at radius 2 is 1.53 bits per heavy atom. The van der Waals surface area contributed by atoms with Gasteiger partial charge in [-0.25, -0.2) is 9.78 Å². The number of pyridine rings is 1. The molecule has 34 heavy (non-hydrogen) atoms. The molecule has 1 aromatic rings. The summed E-state index contributed by atoms with van der Waals surface area (Å²) in [5.74, 6) is -0.168. The van der Waals surface area contributed by atoms with Crippen LogP contribution in [0, 0.1) is 0 Å². The number of nitrogens with one attached hydrogen (secondary N) is 1. The molecular formula is C26H44N2O6. The Morgan fingerprint density at radius 3 is 2.18 bits per heavy atom. The first-order valence-electron chi connectivity index (χ1n) is 12.8. The first-order chi connectivity index (χ1) is 16.6. The fourth-order valence-electron chi connectivity index (χ4n) is 3.31. The summed E-state index contributed by atoms with van der Waals surface area (Å²) in [6.07, 6.45) is 15.4. The topological polar surface area (TPSA) is 96.0 Å². The molecule has 0 fully saturated rings. The number of ether oxygens (including phenoxy) is 4. The molecule has 0 aliphatic heterocycles. The smallest absolute Gasteiger partial charge is 0.414 e. The van der Waals surface area contributed by atoms with Gasteiger partial charge in [0.1, 0.15) is 6.54 Å². The van der Waals surface area contributed by atoms with Crippen LogP contribution in [0.15, 0.2) is 12.3 Å². The molecule has 0 saturated carbocycles. The highest BCUT2D eigenvalue weighted by molar-refractivity contribution is 5.79. The van der Waals surface area contributed by atoms with Gasteiger partial charge in [0, 0.05) is 12.8 Å². The van der Waals surface area contributed by atoms with Gasteiger partial charge in [0.05, 0.1) is 20.3 Å². The molecule has 0 unspecified atom stereocenters. The minimum atomic E-state index is -0.803. The van der Waals surface area contributed by atoms with E-state index in [1.54, 1.807) is 12.3 Å². The number of aromatic nitrogens is 1. The Bertz CT molecular complexity index is 683. The normalized spacial score (nSPS) is 10.7. The van der Waals surface area contributed by atoms with Gasteiger partial charge in [0.15, 0.2) is 5.75 Å². The molecule has 0 saturated heterocycles. The molecule has 1 aromatic heterocycles. The molecule has 1 N–H and O–H groups in total. The van der Waals surface area contributed by atoms with Crippen LogP contribution >= 0.6 is 0 Å². The second kappa shape index (κ2) is 20.1. The highest BCUT2D eigenvalue weighted by atomic mass is 16.6. The second-order valence-electron chi connectivity index (χ2n) is 8.40. The average molecular weight is 481 g/mol. The molecule has 0 aliphatic rings. The van der Waals surface area contributed by atoms with Crippen LogP contribution in [0.1, 0.15) is 96.5 Å². The number of unbranched alkanes of at least 4 members (excludes halogenated alkanes) is 10. The van der Waals surface area contributed by atoms with Crippen molar-refractivity contribution < 1.29 is 28.5 Å². The average Bonchev–Trinajstić information content (AvgIpc) is 2.84. The zero-order valence-corrected chi connectivity index (χ0v) is 21.4. The summed E-state index contributed by atoms with van der Waals surface area (Å²) in [6.45, 7) is 5.43. The monoisotopic (exact) mass is 480 g/mol. The van der Waals surface area contributed by atoms with Gasteiger partial charge in [-0.1, -0.05) is 78.1 Å². The predicted octanol–water partition coefficient (Wildman–Crippen LogP) is 5.96. The van der Waals surface area contributed by atoms with Gasteiger partial charge < -0.3 is 24.3 Å². The Kier molecular flexibility index (Phi) is 17.5. The molecule has 0 spiro atoms. The molecular weight excluding hydrogens is 436 g/mol. The quantitative estimate of drug-likeness (QED) is 0.182. The number of rotatable bonds is 20. The number of hydrogen-bond donors (Lipinski definition) is 1. The molecule has 0 bridgehead atoms. The van der Waals surface area contributed by atoms with Gasteiger partial charge in [0.2, 0.25) is 0 Å². The van der Waals surface area contributed by atoms with Crippen LogP contribution in [0.25, 0.3) is 0 Å². The maximum atomic E-state index is 11.9. The Balaban J connectivity index is 2.21. The van der Waals surface area contributed by atoms with Crippen molar-refractivity contribution in [1.29, 1.82) is 0 Å². The summed E-state index contributed by atoms with van der Waals surface area (Å²) < 4.78 is 21.2. The number of esters is 1. The zero-order chi connectivity index (χ0) is 24.9. The molecule has 0 atom stereocenters. The summed E-state index contributed by atoms with van der Waals surface area (Å²) in [5.41, 5.74) is 0.830. The van der Waals surface area contributed by atoms with Crippen molar-refractivity contribution in [3.05, 3.63) is 17.8 Å². The fourth-order valence-corrected chi connectivity index (χ4v) is 3.31. The van der Waals surface area contributed by atoms with Crippen LogP contribution in [-0.4, -0.2) is 43.9 Å². The lowest BCUT2D eigenvalue weighted by Crippen LogP contribution is -2.33. The third-order valence-electron chi connectivity index (χ3n) is 5.33. The van der Waals surface area contributed by atoms with Crippen LogP contribution in [-0.2, 0) is 20.9 Å². The van der Waals surface area contributed by atoms with E-state index >= 15 is 0 Å². The fraction of sp³-hybridized carbons (Fsp3) is 0.731. The summed E-state index contributed by atoms with van der Waals surface area (Å²) in [5, 5.41) is 2.35. The molecule has 0 aromatic carbocycles. The molecule has 1 amide bonds. The first kappa shape index (κ1) is 29.7. The molecule has 1 heterocycles. The van der Waals surface area contributed by atoms with E-state index in [1.165, 1.54) is 64.9 Å². The van der Waals surface area contributed by atoms with Crippen molar-refractivity contribution in [2.75, 3.05) is 26.9 Å². The molecule has 8 heteroatoms. The van der Waals surface area contributed by atoms with Gasteiger partial charge >= 0.3 is 12.1 Å². The van der Waals surface area contributed by atoms with Gasteiger partial charge in [0.25, 0.3) is 5.88 Å². The van der Waals surface area contributed by atoms with E-state index in [0.717, 1.165) is 24.8 Å². The molecule has 1 rings (SSSR count). The summed E-state index contributed by atoms with van der Waals surface area (Å²) >= 11 is 0. The number of carbonyl (C=O) groups excluding carboxylic acids is 2.